The van der Waals surface area contributed by atoms with E-state index < -0.39 is 5.60 Å². The molecule has 1 fully saturated rings. The van der Waals surface area contributed by atoms with Crippen LogP contribution in [-0.2, 0) is 12.1 Å². The minimum atomic E-state index is -0.926. The van der Waals surface area contributed by atoms with E-state index in [0.29, 0.717) is 13.1 Å². The highest BCUT2D eigenvalue weighted by Crippen LogP contribution is 2.22. The van der Waals surface area contributed by atoms with Crippen molar-refractivity contribution in [2.45, 2.75) is 26.0 Å². The van der Waals surface area contributed by atoms with Crippen LogP contribution in [0.4, 0.5) is 5.69 Å². The van der Waals surface area contributed by atoms with Crippen LogP contribution in [0.25, 0.3) is 0 Å². The van der Waals surface area contributed by atoms with E-state index >= 15 is 0 Å². The second-order valence-electron chi connectivity index (χ2n) is 7.10. The number of nitrogens with zero attached hydrogens (tertiary/aromatic N) is 2. The van der Waals surface area contributed by atoms with Crippen LogP contribution in [0.1, 0.15) is 25.0 Å². The second kappa shape index (κ2) is 12.0. The second-order valence-corrected chi connectivity index (χ2v) is 9.11. The zero-order chi connectivity index (χ0) is 19.8. The molecule has 2 aromatic rings. The number of thioether (sulfide) groups is 1. The molecular weight excluding hydrogens is 515 g/mol. The Morgan fingerprint density at radius 1 is 1.17 bits per heavy atom. The molecule has 0 spiro atoms. The average Bonchev–Trinajstić information content (AvgIpc) is 3.27. The van der Waals surface area contributed by atoms with Crippen molar-refractivity contribution in [1.29, 1.82) is 0 Å². The SMILES string of the molecule is CCNC(=NCc1ccc(N2CCSCC2)cc1)NCC(C)(O)c1ccsc1.I. The van der Waals surface area contributed by atoms with Gasteiger partial charge in [-0.2, -0.15) is 23.1 Å². The summed E-state index contributed by atoms with van der Waals surface area (Å²) in [5, 5.41) is 21.2. The summed E-state index contributed by atoms with van der Waals surface area (Å²) in [5.41, 5.74) is 2.47. The van der Waals surface area contributed by atoms with Crippen molar-refractivity contribution in [3.05, 3.63) is 52.2 Å². The Balaban J connectivity index is 0.00000300. The maximum atomic E-state index is 10.7. The molecule has 1 aromatic heterocycles. The van der Waals surface area contributed by atoms with Gasteiger partial charge in [0.15, 0.2) is 5.96 Å². The summed E-state index contributed by atoms with van der Waals surface area (Å²) < 4.78 is 0. The summed E-state index contributed by atoms with van der Waals surface area (Å²) in [6, 6.07) is 10.7. The number of guanidine groups is 1. The lowest BCUT2D eigenvalue weighted by Crippen LogP contribution is -2.44. The number of thiophene rings is 1. The van der Waals surface area contributed by atoms with Gasteiger partial charge in [-0.1, -0.05) is 12.1 Å². The number of rotatable bonds is 7. The molecule has 1 aliphatic heterocycles. The van der Waals surface area contributed by atoms with Gasteiger partial charge in [0.2, 0.25) is 0 Å². The fourth-order valence-electron chi connectivity index (χ4n) is 3.07. The third kappa shape index (κ3) is 7.34. The lowest BCUT2D eigenvalue weighted by atomic mass is 9.99. The number of aliphatic hydroxyl groups is 1. The fraction of sp³-hybridized carbons (Fsp3) is 0.476. The van der Waals surface area contributed by atoms with Gasteiger partial charge in [-0.25, -0.2) is 4.99 Å². The van der Waals surface area contributed by atoms with Crippen LogP contribution < -0.4 is 15.5 Å². The highest BCUT2D eigenvalue weighted by atomic mass is 127. The number of anilines is 1. The Labute approximate surface area is 199 Å². The molecule has 3 N–H and O–H groups in total. The maximum absolute atomic E-state index is 10.7. The van der Waals surface area contributed by atoms with Gasteiger partial charge < -0.3 is 20.6 Å². The predicted octanol–water partition coefficient (Wildman–Crippen LogP) is 3.88. The summed E-state index contributed by atoms with van der Waals surface area (Å²) in [6.45, 7) is 7.90. The zero-order valence-electron chi connectivity index (χ0n) is 17.1. The molecule has 0 radical (unpaired) electrons. The first-order valence-corrected chi connectivity index (χ1v) is 11.9. The van der Waals surface area contributed by atoms with E-state index in [1.807, 2.05) is 42.4 Å². The molecule has 29 heavy (non-hydrogen) atoms. The molecule has 0 amide bonds. The van der Waals surface area contributed by atoms with Gasteiger partial charge in [0.1, 0.15) is 5.60 Å². The van der Waals surface area contributed by atoms with Crippen LogP contribution in [0.2, 0.25) is 0 Å². The van der Waals surface area contributed by atoms with Crippen molar-refractivity contribution >= 4 is 58.7 Å². The summed E-state index contributed by atoms with van der Waals surface area (Å²) in [5.74, 6) is 3.13. The van der Waals surface area contributed by atoms with Crippen LogP contribution in [0.3, 0.4) is 0 Å². The fourth-order valence-corrected chi connectivity index (χ4v) is 4.76. The molecule has 1 aliphatic rings. The molecule has 1 saturated heterocycles. The van der Waals surface area contributed by atoms with E-state index in [1.54, 1.807) is 11.3 Å². The van der Waals surface area contributed by atoms with Crippen molar-refractivity contribution < 1.29 is 5.11 Å². The lowest BCUT2D eigenvalue weighted by molar-refractivity contribution is 0.0621. The summed E-state index contributed by atoms with van der Waals surface area (Å²) in [4.78, 5) is 7.13. The van der Waals surface area contributed by atoms with Gasteiger partial charge in [-0.15, -0.1) is 24.0 Å². The molecule has 0 bridgehead atoms. The molecule has 1 aromatic carbocycles. The van der Waals surface area contributed by atoms with Gasteiger partial charge in [0.05, 0.1) is 13.1 Å². The van der Waals surface area contributed by atoms with E-state index in [9.17, 15) is 5.11 Å². The van der Waals surface area contributed by atoms with Gasteiger partial charge >= 0.3 is 0 Å². The van der Waals surface area contributed by atoms with Gasteiger partial charge in [0.25, 0.3) is 0 Å². The number of hydrogen-bond donors (Lipinski definition) is 3. The van der Waals surface area contributed by atoms with Crippen molar-refractivity contribution in [1.82, 2.24) is 10.6 Å². The Bertz CT molecular complexity index is 745. The van der Waals surface area contributed by atoms with Crippen molar-refractivity contribution in [3.63, 3.8) is 0 Å². The molecule has 8 heteroatoms. The van der Waals surface area contributed by atoms with Crippen molar-refractivity contribution in [2.75, 3.05) is 42.6 Å². The summed E-state index contributed by atoms with van der Waals surface area (Å²) in [6.07, 6.45) is 0. The minimum Gasteiger partial charge on any atom is -0.384 e. The van der Waals surface area contributed by atoms with Crippen LogP contribution in [0, 0.1) is 0 Å². The Kier molecular flexibility index (Phi) is 10.1. The van der Waals surface area contributed by atoms with E-state index in [2.05, 4.69) is 44.8 Å². The number of hydrogen-bond acceptors (Lipinski definition) is 5. The van der Waals surface area contributed by atoms with Crippen LogP contribution >= 0.6 is 47.1 Å². The minimum absolute atomic E-state index is 0. The lowest BCUT2D eigenvalue weighted by Gasteiger charge is -2.28. The topological polar surface area (TPSA) is 59.9 Å². The van der Waals surface area contributed by atoms with Crippen LogP contribution in [0.5, 0.6) is 0 Å². The molecule has 1 unspecified atom stereocenters. The first-order valence-electron chi connectivity index (χ1n) is 9.77. The highest BCUT2D eigenvalue weighted by molar-refractivity contribution is 14.0. The Morgan fingerprint density at radius 3 is 2.52 bits per heavy atom. The molecular formula is C21H31IN4OS2. The van der Waals surface area contributed by atoms with Crippen LogP contribution in [-0.4, -0.2) is 48.8 Å². The Morgan fingerprint density at radius 2 is 1.90 bits per heavy atom. The third-order valence-corrected chi connectivity index (χ3v) is 6.45. The zero-order valence-corrected chi connectivity index (χ0v) is 21.0. The van der Waals surface area contributed by atoms with Crippen molar-refractivity contribution in [3.8, 4) is 0 Å². The normalized spacial score (nSPS) is 16.7. The van der Waals surface area contributed by atoms with Gasteiger partial charge in [-0.3, -0.25) is 0 Å². The van der Waals surface area contributed by atoms with E-state index in [0.717, 1.165) is 31.2 Å². The highest BCUT2D eigenvalue weighted by Gasteiger charge is 2.23. The maximum Gasteiger partial charge on any atom is 0.191 e. The monoisotopic (exact) mass is 546 g/mol. The molecule has 1 atom stereocenters. The van der Waals surface area contributed by atoms with Gasteiger partial charge in [-0.05, 0) is 53.9 Å². The molecule has 160 valence electrons. The summed E-state index contributed by atoms with van der Waals surface area (Å²) >= 11 is 3.62. The average molecular weight is 547 g/mol. The molecule has 0 aliphatic carbocycles. The Hall–Kier alpha value is -0.970. The van der Waals surface area contributed by atoms with Crippen molar-refractivity contribution in [2.24, 2.45) is 4.99 Å². The molecule has 0 saturated carbocycles. The first kappa shape index (κ1) is 24.3. The summed E-state index contributed by atoms with van der Waals surface area (Å²) in [7, 11) is 0. The number of halogens is 1. The van der Waals surface area contributed by atoms with E-state index in [-0.39, 0.29) is 24.0 Å². The smallest absolute Gasteiger partial charge is 0.191 e. The third-order valence-electron chi connectivity index (χ3n) is 4.82. The van der Waals surface area contributed by atoms with E-state index in [4.69, 9.17) is 0 Å². The number of benzene rings is 1. The van der Waals surface area contributed by atoms with Gasteiger partial charge in [0, 0.05) is 36.8 Å². The standard InChI is InChI=1S/C21H30N4OS2.HI/c1-3-22-20(24-16-21(2,26)18-8-11-28-15-18)23-14-17-4-6-19(7-5-17)25-9-12-27-13-10-25;/h4-8,11,15,26H,3,9-10,12-14,16H2,1-2H3,(H2,22,23,24);1H. The number of nitrogens with one attached hydrogen (secondary N) is 2. The molecule has 3 rings (SSSR count). The largest absolute Gasteiger partial charge is 0.384 e. The predicted molar refractivity (Wildman–Crippen MR) is 138 cm³/mol. The number of aliphatic imine (C=N–C) groups is 1. The molecule has 5 nitrogen and oxygen atoms in total. The molecule has 2 heterocycles. The quantitative estimate of drug-likeness (QED) is 0.280. The first-order chi connectivity index (χ1) is 13.6. The van der Waals surface area contributed by atoms with E-state index in [1.165, 1.54) is 22.8 Å². The van der Waals surface area contributed by atoms with Crippen LogP contribution in [0.15, 0.2) is 46.1 Å².